The number of nitrogens with one attached hydrogen (secondary N) is 1. The summed E-state index contributed by atoms with van der Waals surface area (Å²) in [7, 11) is 1.47. The van der Waals surface area contributed by atoms with E-state index in [0.717, 1.165) is 13.0 Å². The first-order valence-corrected chi connectivity index (χ1v) is 4.12. The van der Waals surface area contributed by atoms with Crippen LogP contribution < -0.4 is 5.32 Å². The molecule has 0 aromatic heterocycles. The molecule has 1 aliphatic carbocycles. The number of hydrogen-bond acceptors (Lipinski definition) is 3. The van der Waals surface area contributed by atoms with Crippen molar-refractivity contribution in [1.82, 2.24) is 5.32 Å². The van der Waals surface area contributed by atoms with Crippen LogP contribution in [-0.4, -0.2) is 25.7 Å². The minimum atomic E-state index is -0.0148. The van der Waals surface area contributed by atoms with E-state index in [0.29, 0.717) is 12.0 Å². The predicted octanol–water partition coefficient (Wildman–Crippen LogP) is 0.157. The summed E-state index contributed by atoms with van der Waals surface area (Å²) in [6, 6.07) is 0.587. The third kappa shape index (κ3) is 1.03. The van der Waals surface area contributed by atoms with Crippen LogP contribution in [0.2, 0.25) is 0 Å². The van der Waals surface area contributed by atoms with Crippen molar-refractivity contribution in [1.29, 1.82) is 0 Å². The van der Waals surface area contributed by atoms with Gasteiger partial charge in [0.1, 0.15) is 0 Å². The smallest absolute Gasteiger partial charge is 0.309 e. The van der Waals surface area contributed by atoms with Crippen LogP contribution in [0, 0.1) is 11.8 Å². The first kappa shape index (κ1) is 7.10. The van der Waals surface area contributed by atoms with Crippen molar-refractivity contribution in [2.75, 3.05) is 13.7 Å². The van der Waals surface area contributed by atoms with Crippen LogP contribution in [0.25, 0.3) is 0 Å². The summed E-state index contributed by atoms with van der Waals surface area (Å²) in [6.45, 7) is 1.00. The molecule has 0 radical (unpaired) electrons. The predicted molar refractivity (Wildman–Crippen MR) is 40.0 cm³/mol. The molecule has 62 valence electrons. The van der Waals surface area contributed by atoms with E-state index in [1.807, 2.05) is 0 Å². The summed E-state index contributed by atoms with van der Waals surface area (Å²) in [5, 5.41) is 3.36. The molecule has 2 bridgehead atoms. The van der Waals surface area contributed by atoms with Crippen molar-refractivity contribution in [2.45, 2.75) is 18.9 Å². The topological polar surface area (TPSA) is 38.3 Å². The summed E-state index contributed by atoms with van der Waals surface area (Å²) >= 11 is 0. The maximum atomic E-state index is 11.2. The molecular formula is C8H13NO2. The molecule has 1 aliphatic heterocycles. The van der Waals surface area contributed by atoms with Crippen LogP contribution in [0.4, 0.5) is 0 Å². The lowest BCUT2D eigenvalue weighted by Gasteiger charge is -2.19. The highest BCUT2D eigenvalue weighted by Gasteiger charge is 2.43. The van der Waals surface area contributed by atoms with Gasteiger partial charge < -0.3 is 10.1 Å². The van der Waals surface area contributed by atoms with Gasteiger partial charge in [0.2, 0.25) is 0 Å². The lowest BCUT2D eigenvalue weighted by Crippen LogP contribution is -2.33. The average molecular weight is 155 g/mol. The Balaban J connectivity index is 2.02. The van der Waals surface area contributed by atoms with Gasteiger partial charge in [0.15, 0.2) is 0 Å². The van der Waals surface area contributed by atoms with Crippen molar-refractivity contribution in [3.8, 4) is 0 Å². The van der Waals surface area contributed by atoms with Gasteiger partial charge in [0.05, 0.1) is 13.0 Å². The fraction of sp³-hybridized carbons (Fsp3) is 0.875. The molecule has 2 rings (SSSR count). The van der Waals surface area contributed by atoms with Gasteiger partial charge in [-0.1, -0.05) is 0 Å². The van der Waals surface area contributed by atoms with Crippen molar-refractivity contribution >= 4 is 5.97 Å². The van der Waals surface area contributed by atoms with Gasteiger partial charge in [-0.25, -0.2) is 0 Å². The van der Waals surface area contributed by atoms with Gasteiger partial charge in [-0.3, -0.25) is 4.79 Å². The van der Waals surface area contributed by atoms with Crippen LogP contribution >= 0.6 is 0 Å². The molecule has 3 unspecified atom stereocenters. The monoisotopic (exact) mass is 155 g/mol. The van der Waals surface area contributed by atoms with Gasteiger partial charge in [0.25, 0.3) is 0 Å². The molecule has 1 saturated carbocycles. The average Bonchev–Trinajstić information content (AvgIpc) is 2.62. The second kappa shape index (κ2) is 2.48. The van der Waals surface area contributed by atoms with Crippen molar-refractivity contribution in [3.63, 3.8) is 0 Å². The van der Waals surface area contributed by atoms with E-state index in [-0.39, 0.29) is 11.9 Å². The number of methoxy groups -OCH3 is 1. The summed E-state index contributed by atoms with van der Waals surface area (Å²) < 4.78 is 4.72. The normalized spacial score (nSPS) is 41.0. The van der Waals surface area contributed by atoms with Crippen molar-refractivity contribution in [2.24, 2.45) is 11.8 Å². The maximum absolute atomic E-state index is 11.2. The highest BCUT2D eigenvalue weighted by molar-refractivity contribution is 5.73. The van der Waals surface area contributed by atoms with Gasteiger partial charge >= 0.3 is 5.97 Å². The fourth-order valence-corrected chi connectivity index (χ4v) is 2.28. The Morgan fingerprint density at radius 3 is 2.82 bits per heavy atom. The first-order valence-electron chi connectivity index (χ1n) is 4.12. The van der Waals surface area contributed by atoms with E-state index < -0.39 is 0 Å². The molecule has 2 aliphatic rings. The van der Waals surface area contributed by atoms with Crippen LogP contribution in [0.15, 0.2) is 0 Å². The largest absolute Gasteiger partial charge is 0.469 e. The minimum Gasteiger partial charge on any atom is -0.469 e. The van der Waals surface area contributed by atoms with Crippen molar-refractivity contribution < 1.29 is 9.53 Å². The highest BCUT2D eigenvalue weighted by atomic mass is 16.5. The van der Waals surface area contributed by atoms with Gasteiger partial charge in [-0.05, 0) is 25.3 Å². The Kier molecular flexibility index (Phi) is 1.60. The van der Waals surface area contributed by atoms with Crippen LogP contribution in [0.5, 0.6) is 0 Å². The molecule has 1 N–H and O–H groups in total. The lowest BCUT2D eigenvalue weighted by molar-refractivity contribution is -0.146. The zero-order valence-corrected chi connectivity index (χ0v) is 6.67. The van der Waals surface area contributed by atoms with E-state index in [2.05, 4.69) is 5.32 Å². The first-order chi connectivity index (χ1) is 5.31. The van der Waals surface area contributed by atoms with Crippen LogP contribution in [-0.2, 0) is 9.53 Å². The maximum Gasteiger partial charge on any atom is 0.309 e. The molecule has 1 heterocycles. The SMILES string of the molecule is COC(=O)C1CC2CC1CN2. The van der Waals surface area contributed by atoms with E-state index >= 15 is 0 Å². The molecule has 3 nitrogen and oxygen atoms in total. The second-order valence-electron chi connectivity index (χ2n) is 3.47. The van der Waals surface area contributed by atoms with E-state index in [1.165, 1.54) is 13.5 Å². The third-order valence-corrected chi connectivity index (χ3v) is 2.87. The molecule has 0 amide bonds. The zero-order chi connectivity index (χ0) is 7.84. The molecule has 0 aromatic rings. The van der Waals surface area contributed by atoms with E-state index in [1.54, 1.807) is 0 Å². The minimum absolute atomic E-state index is 0.0148. The highest BCUT2D eigenvalue weighted by Crippen LogP contribution is 2.36. The molecule has 1 saturated heterocycles. The fourth-order valence-electron chi connectivity index (χ4n) is 2.28. The third-order valence-electron chi connectivity index (χ3n) is 2.87. The Hall–Kier alpha value is -0.570. The number of hydrogen-bond donors (Lipinski definition) is 1. The quantitative estimate of drug-likeness (QED) is 0.548. The molecule has 3 heteroatoms. The van der Waals surface area contributed by atoms with Gasteiger partial charge in [0, 0.05) is 6.04 Å². The molecule has 0 aromatic carbocycles. The van der Waals surface area contributed by atoms with Gasteiger partial charge in [-0.15, -0.1) is 0 Å². The number of fused-ring (bicyclic) bond motifs is 2. The summed E-state index contributed by atoms with van der Waals surface area (Å²) in [5.41, 5.74) is 0. The Morgan fingerprint density at radius 2 is 2.36 bits per heavy atom. The zero-order valence-electron chi connectivity index (χ0n) is 6.67. The standard InChI is InChI=1S/C8H13NO2/c1-11-8(10)7-3-6-2-5(7)4-9-6/h5-7,9H,2-4H2,1H3. The Bertz CT molecular complexity index is 181. The molecule has 0 spiro atoms. The Labute approximate surface area is 66.1 Å². The van der Waals surface area contributed by atoms with Crippen LogP contribution in [0.1, 0.15) is 12.8 Å². The number of esters is 1. The number of carbonyl (C=O) groups is 1. The van der Waals surface area contributed by atoms with Crippen LogP contribution in [0.3, 0.4) is 0 Å². The molecule has 11 heavy (non-hydrogen) atoms. The number of rotatable bonds is 1. The molecule has 3 atom stereocenters. The number of ether oxygens (including phenoxy) is 1. The van der Waals surface area contributed by atoms with Gasteiger partial charge in [-0.2, -0.15) is 0 Å². The molecular weight excluding hydrogens is 142 g/mol. The molecule has 2 fully saturated rings. The second-order valence-corrected chi connectivity index (χ2v) is 3.47. The van der Waals surface area contributed by atoms with Crippen molar-refractivity contribution in [3.05, 3.63) is 0 Å². The Morgan fingerprint density at radius 1 is 1.55 bits per heavy atom. The van der Waals surface area contributed by atoms with E-state index in [9.17, 15) is 4.79 Å². The lowest BCUT2D eigenvalue weighted by atomic mass is 9.96. The summed E-state index contributed by atoms with van der Waals surface area (Å²) in [4.78, 5) is 11.2. The number of carbonyl (C=O) groups excluding carboxylic acids is 1. The summed E-state index contributed by atoms with van der Waals surface area (Å²) in [6.07, 6.45) is 2.15. The number of piperidine rings is 1. The van der Waals surface area contributed by atoms with E-state index in [4.69, 9.17) is 4.74 Å². The summed E-state index contributed by atoms with van der Waals surface area (Å²) in [5.74, 6) is 0.720.